The summed E-state index contributed by atoms with van der Waals surface area (Å²) < 4.78 is 0. The van der Waals surface area contributed by atoms with Crippen molar-refractivity contribution in [1.29, 1.82) is 0 Å². The molecule has 19 heavy (non-hydrogen) atoms. The standard InChI is InChI=1S/C16H18ClNO/c17-15-9-5-4-6-13(15)10-16(11-18,12-19)14-7-2-1-3-8-14/h1-9,19H,10-12,18H2. The fraction of sp³-hybridized carbons (Fsp3) is 0.250. The van der Waals surface area contributed by atoms with Crippen molar-refractivity contribution >= 4 is 11.6 Å². The molecule has 1 atom stereocenters. The summed E-state index contributed by atoms with van der Waals surface area (Å²) in [5, 5.41) is 10.6. The second kappa shape index (κ2) is 6.20. The van der Waals surface area contributed by atoms with Gasteiger partial charge in [-0.15, -0.1) is 0 Å². The van der Waals surface area contributed by atoms with Crippen LogP contribution in [0.2, 0.25) is 5.02 Å². The summed E-state index contributed by atoms with van der Waals surface area (Å²) in [6.07, 6.45) is 0.629. The third-order valence-corrected chi connectivity index (χ3v) is 3.93. The van der Waals surface area contributed by atoms with Crippen molar-refractivity contribution in [1.82, 2.24) is 0 Å². The molecule has 0 aliphatic heterocycles. The molecule has 3 heteroatoms. The zero-order valence-corrected chi connectivity index (χ0v) is 11.5. The van der Waals surface area contributed by atoms with Crippen LogP contribution in [0.4, 0.5) is 0 Å². The Balaban J connectivity index is 2.38. The van der Waals surface area contributed by atoms with Gasteiger partial charge in [0.25, 0.3) is 0 Å². The number of aliphatic hydroxyl groups excluding tert-OH is 1. The molecule has 0 fully saturated rings. The SMILES string of the molecule is NCC(CO)(Cc1ccccc1Cl)c1ccccc1. The molecule has 0 spiro atoms. The van der Waals surface area contributed by atoms with Crippen molar-refractivity contribution < 1.29 is 5.11 Å². The van der Waals surface area contributed by atoms with Crippen LogP contribution in [0.3, 0.4) is 0 Å². The molecule has 2 aromatic rings. The lowest BCUT2D eigenvalue weighted by atomic mass is 9.76. The summed E-state index contributed by atoms with van der Waals surface area (Å²) in [6, 6.07) is 17.6. The van der Waals surface area contributed by atoms with Crippen molar-refractivity contribution in [2.24, 2.45) is 5.73 Å². The lowest BCUT2D eigenvalue weighted by molar-refractivity contribution is 0.196. The molecule has 0 amide bonds. The van der Waals surface area contributed by atoms with E-state index < -0.39 is 5.41 Å². The van der Waals surface area contributed by atoms with Crippen molar-refractivity contribution in [2.45, 2.75) is 11.8 Å². The Bertz CT molecular complexity index is 523. The number of aliphatic hydroxyl groups is 1. The number of halogens is 1. The van der Waals surface area contributed by atoms with Crippen LogP contribution in [0, 0.1) is 0 Å². The molecule has 0 bridgehead atoms. The van der Waals surface area contributed by atoms with Crippen LogP contribution in [0.5, 0.6) is 0 Å². The van der Waals surface area contributed by atoms with Gasteiger partial charge in [0, 0.05) is 17.0 Å². The van der Waals surface area contributed by atoms with Gasteiger partial charge in [-0.05, 0) is 23.6 Å². The number of rotatable bonds is 5. The van der Waals surface area contributed by atoms with Crippen LogP contribution in [0.15, 0.2) is 54.6 Å². The maximum absolute atomic E-state index is 9.86. The lowest BCUT2D eigenvalue weighted by Gasteiger charge is -2.31. The smallest absolute Gasteiger partial charge is 0.0543 e. The van der Waals surface area contributed by atoms with Crippen LogP contribution in [-0.2, 0) is 11.8 Å². The third-order valence-electron chi connectivity index (χ3n) is 3.57. The van der Waals surface area contributed by atoms with Crippen LogP contribution in [0.25, 0.3) is 0 Å². The van der Waals surface area contributed by atoms with E-state index in [1.54, 1.807) is 0 Å². The molecule has 0 heterocycles. The highest BCUT2D eigenvalue weighted by molar-refractivity contribution is 6.31. The van der Waals surface area contributed by atoms with E-state index in [-0.39, 0.29) is 6.61 Å². The van der Waals surface area contributed by atoms with Crippen molar-refractivity contribution in [2.75, 3.05) is 13.2 Å². The highest BCUT2D eigenvalue weighted by Gasteiger charge is 2.30. The Hall–Kier alpha value is -1.35. The van der Waals surface area contributed by atoms with E-state index in [9.17, 15) is 5.11 Å². The molecular weight excluding hydrogens is 258 g/mol. The van der Waals surface area contributed by atoms with Gasteiger partial charge in [-0.2, -0.15) is 0 Å². The largest absolute Gasteiger partial charge is 0.395 e. The second-order valence-electron chi connectivity index (χ2n) is 4.78. The van der Waals surface area contributed by atoms with Gasteiger partial charge >= 0.3 is 0 Å². The Morgan fingerprint density at radius 2 is 1.63 bits per heavy atom. The Labute approximate surface area is 118 Å². The van der Waals surface area contributed by atoms with Gasteiger partial charge in [0.15, 0.2) is 0 Å². The second-order valence-corrected chi connectivity index (χ2v) is 5.18. The lowest BCUT2D eigenvalue weighted by Crippen LogP contribution is -2.41. The van der Waals surface area contributed by atoms with E-state index in [1.165, 1.54) is 0 Å². The van der Waals surface area contributed by atoms with Crippen molar-refractivity contribution in [3.8, 4) is 0 Å². The van der Waals surface area contributed by atoms with Gasteiger partial charge in [-0.25, -0.2) is 0 Å². The van der Waals surface area contributed by atoms with Crippen molar-refractivity contribution in [3.63, 3.8) is 0 Å². The molecule has 100 valence electrons. The van der Waals surface area contributed by atoms with E-state index in [0.717, 1.165) is 11.1 Å². The predicted molar refractivity (Wildman–Crippen MR) is 79.4 cm³/mol. The van der Waals surface area contributed by atoms with Gasteiger partial charge in [0.05, 0.1) is 6.61 Å². The van der Waals surface area contributed by atoms with Gasteiger partial charge in [0.2, 0.25) is 0 Å². The highest BCUT2D eigenvalue weighted by atomic mass is 35.5. The normalized spacial score (nSPS) is 14.1. The van der Waals surface area contributed by atoms with E-state index in [1.807, 2.05) is 54.6 Å². The third kappa shape index (κ3) is 2.98. The summed E-state index contributed by atoms with van der Waals surface area (Å²) in [5.41, 5.74) is 7.51. The minimum absolute atomic E-state index is 0.00125. The first-order chi connectivity index (χ1) is 9.22. The summed E-state index contributed by atoms with van der Waals surface area (Å²) in [7, 11) is 0. The van der Waals surface area contributed by atoms with E-state index >= 15 is 0 Å². The van der Waals surface area contributed by atoms with E-state index in [4.69, 9.17) is 17.3 Å². The molecule has 0 radical (unpaired) electrons. The van der Waals surface area contributed by atoms with Crippen LogP contribution >= 0.6 is 11.6 Å². The summed E-state index contributed by atoms with van der Waals surface area (Å²) in [6.45, 7) is 0.372. The molecule has 2 nitrogen and oxygen atoms in total. The van der Waals surface area contributed by atoms with Gasteiger partial charge in [0.1, 0.15) is 0 Å². The Morgan fingerprint density at radius 1 is 1.00 bits per heavy atom. The minimum atomic E-state index is -0.480. The average Bonchev–Trinajstić information content (AvgIpc) is 2.48. The quantitative estimate of drug-likeness (QED) is 0.881. The van der Waals surface area contributed by atoms with Crippen LogP contribution in [-0.4, -0.2) is 18.3 Å². The van der Waals surface area contributed by atoms with Crippen LogP contribution in [0.1, 0.15) is 11.1 Å². The highest BCUT2D eigenvalue weighted by Crippen LogP contribution is 2.30. The van der Waals surface area contributed by atoms with E-state index in [0.29, 0.717) is 18.0 Å². The van der Waals surface area contributed by atoms with Gasteiger partial charge < -0.3 is 10.8 Å². The zero-order chi connectivity index (χ0) is 13.7. The Kier molecular flexibility index (Phi) is 4.59. The first-order valence-electron chi connectivity index (χ1n) is 6.32. The molecule has 2 aromatic carbocycles. The van der Waals surface area contributed by atoms with Crippen molar-refractivity contribution in [3.05, 3.63) is 70.7 Å². The molecule has 0 aliphatic rings. The molecule has 1 unspecified atom stereocenters. The van der Waals surface area contributed by atoms with Gasteiger partial charge in [-0.3, -0.25) is 0 Å². The molecule has 3 N–H and O–H groups in total. The Morgan fingerprint density at radius 3 is 2.21 bits per heavy atom. The molecule has 0 saturated carbocycles. The van der Waals surface area contributed by atoms with E-state index in [2.05, 4.69) is 0 Å². The first kappa shape index (κ1) is 14.1. The number of hydrogen-bond acceptors (Lipinski definition) is 2. The number of benzene rings is 2. The molecule has 0 saturated heterocycles. The molecular formula is C16H18ClNO. The molecule has 0 aliphatic carbocycles. The predicted octanol–water partition coefficient (Wildman–Crippen LogP) is 2.77. The minimum Gasteiger partial charge on any atom is -0.395 e. The van der Waals surface area contributed by atoms with Gasteiger partial charge in [-0.1, -0.05) is 60.1 Å². The van der Waals surface area contributed by atoms with Crippen LogP contribution < -0.4 is 5.73 Å². The summed E-state index contributed by atoms with van der Waals surface area (Å²) >= 11 is 6.21. The summed E-state index contributed by atoms with van der Waals surface area (Å²) in [5.74, 6) is 0. The average molecular weight is 276 g/mol. The first-order valence-corrected chi connectivity index (χ1v) is 6.69. The monoisotopic (exact) mass is 275 g/mol. The number of hydrogen-bond donors (Lipinski definition) is 2. The fourth-order valence-electron chi connectivity index (χ4n) is 2.30. The molecule has 0 aromatic heterocycles. The molecule has 2 rings (SSSR count). The topological polar surface area (TPSA) is 46.2 Å². The fourth-order valence-corrected chi connectivity index (χ4v) is 2.50. The number of nitrogens with two attached hydrogens (primary N) is 1. The summed E-state index contributed by atoms with van der Waals surface area (Å²) in [4.78, 5) is 0. The maximum Gasteiger partial charge on any atom is 0.0543 e. The maximum atomic E-state index is 9.86. The zero-order valence-electron chi connectivity index (χ0n) is 10.7.